The summed E-state index contributed by atoms with van der Waals surface area (Å²) in [6, 6.07) is 22.6. The fraction of sp³-hybridized carbons (Fsp3) is 0.265. The summed E-state index contributed by atoms with van der Waals surface area (Å²) in [4.78, 5) is 13.3. The average molecular weight is 647 g/mol. The van der Waals surface area contributed by atoms with Gasteiger partial charge in [0, 0.05) is 30.8 Å². The molecule has 0 saturated carbocycles. The van der Waals surface area contributed by atoms with E-state index in [1.807, 2.05) is 4.90 Å². The molecule has 0 aliphatic carbocycles. The highest BCUT2D eigenvalue weighted by Gasteiger charge is 2.31. The Balaban J connectivity index is 1.52. The fourth-order valence-corrected chi connectivity index (χ4v) is 4.69. The highest BCUT2D eigenvalue weighted by atomic mass is 19.4. The van der Waals surface area contributed by atoms with E-state index in [0.29, 0.717) is 33.8 Å². The molecule has 0 saturated heterocycles. The van der Waals surface area contributed by atoms with Crippen LogP contribution >= 0.6 is 0 Å². The van der Waals surface area contributed by atoms with Crippen LogP contribution in [0.1, 0.15) is 39.8 Å². The van der Waals surface area contributed by atoms with Crippen molar-refractivity contribution in [1.29, 1.82) is 0 Å². The second-order valence-electron chi connectivity index (χ2n) is 10.6. The van der Waals surface area contributed by atoms with E-state index in [-0.39, 0.29) is 39.3 Å². The van der Waals surface area contributed by atoms with Gasteiger partial charge in [0.15, 0.2) is 0 Å². The molecule has 0 aliphatic heterocycles. The molecule has 0 radical (unpaired) electrons. The molecule has 0 fully saturated rings. The Morgan fingerprint density at radius 2 is 1.13 bits per heavy atom. The lowest BCUT2D eigenvalue weighted by molar-refractivity contribution is -0.139. The first kappa shape index (κ1) is 34.3. The van der Waals surface area contributed by atoms with Crippen LogP contribution < -0.4 is 15.2 Å². The van der Waals surface area contributed by atoms with Crippen molar-refractivity contribution in [1.82, 2.24) is 4.90 Å². The lowest BCUT2D eigenvalue weighted by atomic mass is 10.1. The second kappa shape index (κ2) is 15.2. The maximum Gasteiger partial charge on any atom is 0.416 e. The molecule has 6 nitrogen and oxygen atoms in total. The van der Waals surface area contributed by atoms with E-state index in [1.54, 1.807) is 48.5 Å². The van der Waals surface area contributed by atoms with Crippen LogP contribution in [0.15, 0.2) is 97.1 Å². The molecule has 0 amide bonds. The molecule has 0 aromatic heterocycles. The Kier molecular flexibility index (Phi) is 11.3. The number of alkyl halides is 6. The highest BCUT2D eigenvalue weighted by molar-refractivity contribution is 5.73. The van der Waals surface area contributed by atoms with Gasteiger partial charge in [-0.05, 0) is 53.9 Å². The normalized spacial score (nSPS) is 12.6. The standard InChI is InChI=1S/C34H32F6N2O4/c35-33(36,37)27-11-5-7-23(17-27)21-45-30-13-3-1-9-25(30)19-42(16-15-29(41)32(43)44)20-26-10-2-4-14-31(26)46-22-24-8-6-12-28(18-24)34(38,39)40/h1-14,17-18,29H,15-16,19-22,41H2,(H,43,44)/t29-/m1/s1. The minimum atomic E-state index is -4.49. The number of hydrogen-bond donors (Lipinski definition) is 2. The van der Waals surface area contributed by atoms with Crippen LogP contribution in [-0.2, 0) is 43.5 Å². The molecule has 0 unspecified atom stereocenters. The average Bonchev–Trinajstić information content (AvgIpc) is 3.02. The predicted molar refractivity (Wildman–Crippen MR) is 159 cm³/mol. The predicted octanol–water partition coefficient (Wildman–Crippen LogP) is 7.69. The Morgan fingerprint density at radius 1 is 0.696 bits per heavy atom. The topological polar surface area (TPSA) is 85.0 Å². The van der Waals surface area contributed by atoms with E-state index in [0.717, 1.165) is 24.3 Å². The summed E-state index contributed by atoms with van der Waals surface area (Å²) in [6.45, 7) is 0.533. The van der Waals surface area contributed by atoms with E-state index in [1.165, 1.54) is 24.3 Å². The number of carbonyl (C=O) groups is 1. The molecule has 4 aromatic carbocycles. The van der Waals surface area contributed by atoms with Crippen LogP contribution in [0.2, 0.25) is 0 Å². The summed E-state index contributed by atoms with van der Waals surface area (Å²) in [6.07, 6.45) is -8.87. The highest BCUT2D eigenvalue weighted by Crippen LogP contribution is 2.32. The van der Waals surface area contributed by atoms with Gasteiger partial charge >= 0.3 is 18.3 Å². The van der Waals surface area contributed by atoms with Crippen LogP contribution in [0.5, 0.6) is 11.5 Å². The molecule has 0 heterocycles. The van der Waals surface area contributed by atoms with Crippen LogP contribution in [0, 0.1) is 0 Å². The number of ether oxygens (including phenoxy) is 2. The van der Waals surface area contributed by atoms with Crippen molar-refractivity contribution < 1.29 is 45.7 Å². The molecule has 0 spiro atoms. The maximum absolute atomic E-state index is 13.2. The minimum absolute atomic E-state index is 0.107. The number of aliphatic carboxylic acids is 1. The summed E-state index contributed by atoms with van der Waals surface area (Å²) >= 11 is 0. The van der Waals surface area contributed by atoms with E-state index in [4.69, 9.17) is 15.2 Å². The van der Waals surface area contributed by atoms with Gasteiger partial charge in [0.25, 0.3) is 0 Å². The maximum atomic E-state index is 13.2. The smallest absolute Gasteiger partial charge is 0.416 e. The van der Waals surface area contributed by atoms with Crippen molar-refractivity contribution in [2.75, 3.05) is 6.54 Å². The lowest BCUT2D eigenvalue weighted by Crippen LogP contribution is -2.35. The molecule has 12 heteroatoms. The quantitative estimate of drug-likeness (QED) is 0.137. The number of nitrogens with two attached hydrogens (primary N) is 1. The Bertz CT molecular complexity index is 1500. The molecule has 244 valence electrons. The minimum Gasteiger partial charge on any atom is -0.489 e. The zero-order chi connectivity index (χ0) is 33.3. The van der Waals surface area contributed by atoms with Crippen LogP contribution in [0.3, 0.4) is 0 Å². The summed E-state index contributed by atoms with van der Waals surface area (Å²) in [5, 5.41) is 9.33. The Morgan fingerprint density at radius 3 is 1.54 bits per heavy atom. The zero-order valence-electron chi connectivity index (χ0n) is 24.5. The number of carboxylic acids is 1. The summed E-state index contributed by atoms with van der Waals surface area (Å²) in [7, 11) is 0. The molecule has 4 aromatic rings. The van der Waals surface area contributed by atoms with Crippen LogP contribution in [-0.4, -0.2) is 28.6 Å². The lowest BCUT2D eigenvalue weighted by Gasteiger charge is -2.25. The van der Waals surface area contributed by atoms with Crippen molar-refractivity contribution in [2.45, 2.75) is 51.1 Å². The number of nitrogens with zero attached hydrogens (tertiary/aromatic N) is 1. The third-order valence-corrected chi connectivity index (χ3v) is 7.10. The molecule has 0 aliphatic rings. The van der Waals surface area contributed by atoms with Gasteiger partial charge in [-0.2, -0.15) is 26.3 Å². The number of hydrogen-bond acceptors (Lipinski definition) is 5. The van der Waals surface area contributed by atoms with Gasteiger partial charge in [0.2, 0.25) is 0 Å². The first-order valence-electron chi connectivity index (χ1n) is 14.2. The van der Waals surface area contributed by atoms with Crippen molar-refractivity contribution >= 4 is 5.97 Å². The summed E-state index contributed by atoms with van der Waals surface area (Å²) < 4.78 is 90.9. The monoisotopic (exact) mass is 646 g/mol. The van der Waals surface area contributed by atoms with Gasteiger partial charge in [-0.25, -0.2) is 0 Å². The van der Waals surface area contributed by atoms with Gasteiger partial charge in [0.1, 0.15) is 30.8 Å². The molecular weight excluding hydrogens is 614 g/mol. The first-order valence-corrected chi connectivity index (χ1v) is 14.2. The summed E-state index contributed by atoms with van der Waals surface area (Å²) in [5.41, 5.74) is 6.28. The van der Waals surface area contributed by atoms with E-state index in [2.05, 4.69) is 0 Å². The van der Waals surface area contributed by atoms with Crippen molar-refractivity contribution in [3.63, 3.8) is 0 Å². The van der Waals surface area contributed by atoms with E-state index < -0.39 is 35.5 Å². The number of benzene rings is 4. The molecular formula is C34H32F6N2O4. The number of carboxylic acid groups (broad SMARTS) is 1. The van der Waals surface area contributed by atoms with Crippen molar-refractivity contribution in [2.24, 2.45) is 5.73 Å². The fourth-order valence-electron chi connectivity index (χ4n) is 4.69. The van der Waals surface area contributed by atoms with E-state index in [9.17, 15) is 36.2 Å². The molecule has 1 atom stereocenters. The summed E-state index contributed by atoms with van der Waals surface area (Å²) in [5.74, 6) is -0.294. The van der Waals surface area contributed by atoms with Gasteiger partial charge in [-0.1, -0.05) is 60.7 Å². The van der Waals surface area contributed by atoms with Gasteiger partial charge in [0.05, 0.1) is 11.1 Å². The largest absolute Gasteiger partial charge is 0.489 e. The van der Waals surface area contributed by atoms with Gasteiger partial charge in [-0.15, -0.1) is 0 Å². The second-order valence-corrected chi connectivity index (χ2v) is 10.6. The van der Waals surface area contributed by atoms with Crippen LogP contribution in [0.25, 0.3) is 0 Å². The SMILES string of the molecule is N[C@H](CCN(Cc1ccccc1OCc1cccc(C(F)(F)F)c1)Cc1ccccc1OCc1cccc(C(F)(F)F)c1)C(=O)O. The van der Waals surface area contributed by atoms with E-state index >= 15 is 0 Å². The molecule has 0 bridgehead atoms. The van der Waals surface area contributed by atoms with Crippen molar-refractivity contribution in [3.8, 4) is 11.5 Å². The third kappa shape index (κ3) is 9.98. The van der Waals surface area contributed by atoms with Gasteiger partial charge < -0.3 is 20.3 Å². The zero-order valence-corrected chi connectivity index (χ0v) is 24.5. The number of para-hydroxylation sites is 2. The molecule has 3 N–H and O–H groups in total. The molecule has 46 heavy (non-hydrogen) atoms. The number of rotatable bonds is 14. The van der Waals surface area contributed by atoms with Crippen LogP contribution in [0.4, 0.5) is 26.3 Å². The Hall–Kier alpha value is -4.55. The third-order valence-electron chi connectivity index (χ3n) is 7.10. The molecule has 4 rings (SSSR count). The van der Waals surface area contributed by atoms with Crippen molar-refractivity contribution in [3.05, 3.63) is 130 Å². The Labute approximate surface area is 262 Å². The van der Waals surface area contributed by atoms with Gasteiger partial charge in [-0.3, -0.25) is 9.69 Å². The first-order chi connectivity index (χ1) is 21.8. The number of halogens is 6.